The number of hydrogen-bond donors (Lipinski definition) is 0. The van der Waals surface area contributed by atoms with Crippen molar-refractivity contribution in [3.63, 3.8) is 0 Å². The van der Waals surface area contributed by atoms with Gasteiger partial charge in [-0.1, -0.05) is 12.2 Å². The zero-order valence-corrected chi connectivity index (χ0v) is 8.44. The average molecular weight is 189 g/mol. The van der Waals surface area contributed by atoms with Crippen molar-refractivity contribution < 1.29 is 4.74 Å². The monoisotopic (exact) mass is 188 g/mol. The Morgan fingerprint density at radius 1 is 1.42 bits per heavy atom. The third-order valence-corrected chi connectivity index (χ3v) is 3.10. The average Bonchev–Trinajstić information content (AvgIpc) is 2.55. The first-order valence-electron chi connectivity index (χ1n) is 4.62. The first kappa shape index (κ1) is 10.1. The van der Waals surface area contributed by atoms with Crippen molar-refractivity contribution in [3.05, 3.63) is 12.2 Å². The maximum absolute atomic E-state index is 5.95. The lowest BCUT2D eigenvalue weighted by atomic mass is 9.84. The molecule has 0 saturated heterocycles. The molecule has 0 unspecified atom stereocenters. The summed E-state index contributed by atoms with van der Waals surface area (Å²) in [5, 5.41) is 0. The zero-order valence-electron chi connectivity index (χ0n) is 7.68. The van der Waals surface area contributed by atoms with E-state index in [2.05, 4.69) is 12.2 Å². The van der Waals surface area contributed by atoms with Crippen molar-refractivity contribution >= 4 is 11.6 Å². The Bertz CT molecular complexity index is 146. The normalized spacial score (nSPS) is 20.2. The van der Waals surface area contributed by atoms with Crippen LogP contribution in [-0.4, -0.2) is 19.1 Å². The Kier molecular flexibility index (Phi) is 4.10. The molecule has 12 heavy (non-hydrogen) atoms. The van der Waals surface area contributed by atoms with Gasteiger partial charge in [0.1, 0.15) is 0 Å². The van der Waals surface area contributed by atoms with Crippen LogP contribution < -0.4 is 0 Å². The standard InChI is InChI=1S/C10H17ClO/c1-2-12-8-7-10(9-11)5-3-4-6-10/h3-4H,2,5-9H2,1H3. The molecule has 1 aliphatic carbocycles. The second kappa shape index (κ2) is 4.88. The maximum Gasteiger partial charge on any atom is 0.0471 e. The van der Waals surface area contributed by atoms with E-state index in [1.165, 1.54) is 0 Å². The van der Waals surface area contributed by atoms with Crippen LogP contribution in [0.5, 0.6) is 0 Å². The number of allylic oxidation sites excluding steroid dienone is 2. The third kappa shape index (κ3) is 2.49. The fraction of sp³-hybridized carbons (Fsp3) is 0.800. The van der Waals surface area contributed by atoms with Crippen molar-refractivity contribution in [3.8, 4) is 0 Å². The molecule has 0 N–H and O–H groups in total. The number of alkyl halides is 1. The fourth-order valence-electron chi connectivity index (χ4n) is 1.56. The molecule has 0 aromatic heterocycles. The van der Waals surface area contributed by atoms with Gasteiger partial charge in [0, 0.05) is 19.1 Å². The summed E-state index contributed by atoms with van der Waals surface area (Å²) in [7, 11) is 0. The molecule has 1 nitrogen and oxygen atoms in total. The minimum Gasteiger partial charge on any atom is -0.382 e. The van der Waals surface area contributed by atoms with E-state index in [4.69, 9.17) is 16.3 Å². The second-order valence-corrected chi connectivity index (χ2v) is 3.73. The van der Waals surface area contributed by atoms with Gasteiger partial charge in [-0.2, -0.15) is 0 Å². The van der Waals surface area contributed by atoms with Gasteiger partial charge in [-0.15, -0.1) is 11.6 Å². The van der Waals surface area contributed by atoms with Crippen LogP contribution in [0.1, 0.15) is 26.2 Å². The van der Waals surface area contributed by atoms with Gasteiger partial charge in [0.05, 0.1) is 0 Å². The predicted octanol–water partition coefficient (Wildman–Crippen LogP) is 2.99. The Morgan fingerprint density at radius 3 is 2.58 bits per heavy atom. The molecule has 0 fully saturated rings. The third-order valence-electron chi connectivity index (χ3n) is 2.53. The molecule has 0 atom stereocenters. The summed E-state index contributed by atoms with van der Waals surface area (Å²) in [6.45, 7) is 3.69. The summed E-state index contributed by atoms with van der Waals surface area (Å²) in [6.07, 6.45) is 7.81. The smallest absolute Gasteiger partial charge is 0.0471 e. The van der Waals surface area contributed by atoms with Crippen LogP contribution in [0.15, 0.2) is 12.2 Å². The summed E-state index contributed by atoms with van der Waals surface area (Å²) < 4.78 is 5.34. The molecule has 1 aliphatic rings. The molecule has 0 aromatic rings. The zero-order chi connectivity index (χ0) is 8.86. The largest absolute Gasteiger partial charge is 0.382 e. The van der Waals surface area contributed by atoms with Gasteiger partial charge >= 0.3 is 0 Å². The highest BCUT2D eigenvalue weighted by molar-refractivity contribution is 6.18. The topological polar surface area (TPSA) is 9.23 Å². The molecule has 2 heteroatoms. The molecule has 1 rings (SSSR count). The van der Waals surface area contributed by atoms with Crippen molar-refractivity contribution in [2.45, 2.75) is 26.2 Å². The summed E-state index contributed by atoms with van der Waals surface area (Å²) >= 11 is 5.95. The molecule has 0 heterocycles. The van der Waals surface area contributed by atoms with E-state index in [1.54, 1.807) is 0 Å². The molecule has 0 spiro atoms. The highest BCUT2D eigenvalue weighted by Crippen LogP contribution is 2.37. The molecule has 0 saturated carbocycles. The van der Waals surface area contributed by atoms with Crippen LogP contribution in [0.3, 0.4) is 0 Å². The molecule has 0 radical (unpaired) electrons. The van der Waals surface area contributed by atoms with E-state index in [-0.39, 0.29) is 0 Å². The fourth-order valence-corrected chi connectivity index (χ4v) is 1.91. The van der Waals surface area contributed by atoms with Crippen LogP contribution in [0.4, 0.5) is 0 Å². The number of hydrogen-bond acceptors (Lipinski definition) is 1. The van der Waals surface area contributed by atoms with E-state index in [9.17, 15) is 0 Å². The van der Waals surface area contributed by atoms with Crippen LogP contribution in [0, 0.1) is 5.41 Å². The number of rotatable bonds is 5. The van der Waals surface area contributed by atoms with Crippen molar-refractivity contribution in [1.82, 2.24) is 0 Å². The summed E-state index contributed by atoms with van der Waals surface area (Å²) in [5.41, 5.74) is 0.316. The van der Waals surface area contributed by atoms with E-state index in [0.29, 0.717) is 5.41 Å². The predicted molar refractivity (Wildman–Crippen MR) is 52.6 cm³/mol. The Balaban J connectivity index is 2.25. The van der Waals surface area contributed by atoms with Gasteiger partial charge in [0.2, 0.25) is 0 Å². The number of halogens is 1. The lowest BCUT2D eigenvalue weighted by Gasteiger charge is -2.25. The van der Waals surface area contributed by atoms with Crippen LogP contribution in [0.2, 0.25) is 0 Å². The molecule has 0 aliphatic heterocycles. The Hall–Kier alpha value is -0.0100. The van der Waals surface area contributed by atoms with E-state index >= 15 is 0 Å². The van der Waals surface area contributed by atoms with Crippen molar-refractivity contribution in [1.29, 1.82) is 0 Å². The first-order chi connectivity index (χ1) is 5.83. The van der Waals surface area contributed by atoms with Crippen LogP contribution in [0.25, 0.3) is 0 Å². The Labute approximate surface area is 79.7 Å². The van der Waals surface area contributed by atoms with E-state index in [0.717, 1.165) is 38.4 Å². The molecular formula is C10H17ClO. The first-order valence-corrected chi connectivity index (χ1v) is 5.15. The van der Waals surface area contributed by atoms with Crippen LogP contribution in [-0.2, 0) is 4.74 Å². The lowest BCUT2D eigenvalue weighted by molar-refractivity contribution is 0.113. The second-order valence-electron chi connectivity index (χ2n) is 3.46. The molecule has 0 bridgehead atoms. The van der Waals surface area contributed by atoms with Gasteiger partial charge in [-0.05, 0) is 31.6 Å². The van der Waals surface area contributed by atoms with Gasteiger partial charge in [0.25, 0.3) is 0 Å². The molecular weight excluding hydrogens is 172 g/mol. The molecule has 0 amide bonds. The van der Waals surface area contributed by atoms with E-state index in [1.807, 2.05) is 6.92 Å². The molecule has 0 aromatic carbocycles. The summed E-state index contributed by atoms with van der Waals surface area (Å²) in [6, 6.07) is 0. The quantitative estimate of drug-likeness (QED) is 0.366. The van der Waals surface area contributed by atoms with Crippen molar-refractivity contribution in [2.75, 3.05) is 19.1 Å². The van der Waals surface area contributed by atoms with Gasteiger partial charge < -0.3 is 4.74 Å². The Morgan fingerprint density at radius 2 is 2.08 bits per heavy atom. The number of ether oxygens (including phenoxy) is 1. The summed E-state index contributed by atoms with van der Waals surface area (Å²) in [5.74, 6) is 0.757. The maximum atomic E-state index is 5.95. The van der Waals surface area contributed by atoms with Gasteiger partial charge in [0.15, 0.2) is 0 Å². The SMILES string of the molecule is CCOCCC1(CCl)CC=CC1. The van der Waals surface area contributed by atoms with Crippen LogP contribution >= 0.6 is 11.6 Å². The lowest BCUT2D eigenvalue weighted by Crippen LogP contribution is -2.21. The highest BCUT2D eigenvalue weighted by Gasteiger charge is 2.29. The molecule has 70 valence electrons. The van der Waals surface area contributed by atoms with Gasteiger partial charge in [-0.25, -0.2) is 0 Å². The minimum atomic E-state index is 0.316. The van der Waals surface area contributed by atoms with E-state index < -0.39 is 0 Å². The summed E-state index contributed by atoms with van der Waals surface area (Å²) in [4.78, 5) is 0. The highest BCUT2D eigenvalue weighted by atomic mass is 35.5. The van der Waals surface area contributed by atoms with Gasteiger partial charge in [-0.3, -0.25) is 0 Å². The van der Waals surface area contributed by atoms with Crippen molar-refractivity contribution in [2.24, 2.45) is 5.41 Å². The minimum absolute atomic E-state index is 0.316.